The number of furan rings is 1. The monoisotopic (exact) mass is 280 g/mol. The molecule has 102 valence electrons. The van der Waals surface area contributed by atoms with E-state index in [-0.39, 0.29) is 0 Å². The van der Waals surface area contributed by atoms with Crippen molar-refractivity contribution in [2.24, 2.45) is 0 Å². The van der Waals surface area contributed by atoms with Crippen molar-refractivity contribution in [2.45, 2.75) is 32.1 Å². The van der Waals surface area contributed by atoms with Crippen molar-refractivity contribution in [3.63, 3.8) is 0 Å². The molecule has 4 heteroatoms. The van der Waals surface area contributed by atoms with Crippen LogP contribution in [0.15, 0.2) is 28.7 Å². The SMILES string of the molecule is O=COCCCCCCc1cc2cccc(Cl)c2o1. The lowest BCUT2D eigenvalue weighted by Crippen LogP contribution is -1.91. The molecule has 0 bridgehead atoms. The van der Waals surface area contributed by atoms with Gasteiger partial charge in [-0.25, -0.2) is 0 Å². The fourth-order valence-corrected chi connectivity index (χ4v) is 2.31. The van der Waals surface area contributed by atoms with Gasteiger partial charge in [0, 0.05) is 11.8 Å². The van der Waals surface area contributed by atoms with Gasteiger partial charge in [0.05, 0.1) is 11.6 Å². The number of fused-ring (bicyclic) bond motifs is 1. The molecule has 2 rings (SSSR count). The van der Waals surface area contributed by atoms with E-state index in [1.165, 1.54) is 0 Å². The maximum Gasteiger partial charge on any atom is 0.293 e. The first kappa shape index (κ1) is 13.9. The molecule has 0 amide bonds. The van der Waals surface area contributed by atoms with Gasteiger partial charge in [-0.3, -0.25) is 4.79 Å². The van der Waals surface area contributed by atoms with E-state index in [0.717, 1.165) is 48.8 Å². The van der Waals surface area contributed by atoms with Gasteiger partial charge in [0.1, 0.15) is 5.76 Å². The average molecular weight is 281 g/mol. The molecule has 1 heterocycles. The third kappa shape index (κ3) is 4.00. The Morgan fingerprint density at radius 1 is 1.21 bits per heavy atom. The number of unbranched alkanes of at least 4 members (excludes halogenated alkanes) is 3. The molecular formula is C15H17ClO3. The van der Waals surface area contributed by atoms with Crippen LogP contribution in [-0.2, 0) is 16.0 Å². The summed E-state index contributed by atoms with van der Waals surface area (Å²) in [5.74, 6) is 0.979. The summed E-state index contributed by atoms with van der Waals surface area (Å²) < 4.78 is 10.4. The van der Waals surface area contributed by atoms with Crippen LogP contribution in [0, 0.1) is 0 Å². The second kappa shape index (κ2) is 7.19. The zero-order chi connectivity index (χ0) is 13.5. The van der Waals surface area contributed by atoms with Gasteiger partial charge in [0.2, 0.25) is 0 Å². The van der Waals surface area contributed by atoms with Crippen LogP contribution in [0.25, 0.3) is 11.0 Å². The quantitative estimate of drug-likeness (QED) is 0.533. The van der Waals surface area contributed by atoms with Crippen LogP contribution in [0.2, 0.25) is 5.02 Å². The lowest BCUT2D eigenvalue weighted by atomic mass is 10.1. The number of ether oxygens (including phenoxy) is 1. The van der Waals surface area contributed by atoms with E-state index in [9.17, 15) is 4.79 Å². The number of benzene rings is 1. The molecule has 0 N–H and O–H groups in total. The van der Waals surface area contributed by atoms with Crippen molar-refractivity contribution in [1.29, 1.82) is 0 Å². The van der Waals surface area contributed by atoms with Crippen LogP contribution >= 0.6 is 11.6 Å². The zero-order valence-electron chi connectivity index (χ0n) is 10.7. The Balaban J connectivity index is 1.76. The Bertz CT molecular complexity index is 533. The third-order valence-electron chi connectivity index (χ3n) is 3.05. The number of aryl methyl sites for hydroxylation is 1. The molecule has 19 heavy (non-hydrogen) atoms. The molecule has 2 aromatic rings. The summed E-state index contributed by atoms with van der Waals surface area (Å²) in [4.78, 5) is 9.95. The summed E-state index contributed by atoms with van der Waals surface area (Å²) in [6.45, 7) is 1.02. The molecule has 0 aliphatic rings. The molecule has 0 saturated carbocycles. The van der Waals surface area contributed by atoms with Crippen molar-refractivity contribution in [3.05, 3.63) is 35.0 Å². The molecule has 0 spiro atoms. The predicted molar refractivity (Wildman–Crippen MR) is 75.4 cm³/mol. The highest BCUT2D eigenvalue weighted by molar-refractivity contribution is 6.34. The van der Waals surface area contributed by atoms with E-state index >= 15 is 0 Å². The molecule has 0 radical (unpaired) electrons. The predicted octanol–water partition coefficient (Wildman–Crippen LogP) is 4.36. The van der Waals surface area contributed by atoms with E-state index in [2.05, 4.69) is 10.8 Å². The van der Waals surface area contributed by atoms with Gasteiger partial charge in [0.25, 0.3) is 6.47 Å². The standard InChI is InChI=1S/C15H17ClO3/c16-14-8-5-6-12-10-13(19-15(12)14)7-3-1-2-4-9-18-11-17/h5-6,8,10-11H,1-4,7,9H2. The molecular weight excluding hydrogens is 264 g/mol. The van der Waals surface area contributed by atoms with Crippen LogP contribution in [0.3, 0.4) is 0 Å². The first-order valence-corrected chi connectivity index (χ1v) is 6.91. The van der Waals surface area contributed by atoms with Gasteiger partial charge in [-0.05, 0) is 25.0 Å². The minimum Gasteiger partial charge on any atom is -0.468 e. The summed E-state index contributed by atoms with van der Waals surface area (Å²) in [7, 11) is 0. The van der Waals surface area contributed by atoms with Crippen molar-refractivity contribution in [3.8, 4) is 0 Å². The Morgan fingerprint density at radius 3 is 2.84 bits per heavy atom. The highest BCUT2D eigenvalue weighted by atomic mass is 35.5. The van der Waals surface area contributed by atoms with Gasteiger partial charge < -0.3 is 9.15 Å². The molecule has 0 atom stereocenters. The van der Waals surface area contributed by atoms with Gasteiger partial charge >= 0.3 is 0 Å². The number of carbonyl (C=O) groups excluding carboxylic acids is 1. The number of hydrogen-bond acceptors (Lipinski definition) is 3. The van der Waals surface area contributed by atoms with E-state index in [1.807, 2.05) is 18.2 Å². The fourth-order valence-electron chi connectivity index (χ4n) is 2.09. The van der Waals surface area contributed by atoms with Crippen LogP contribution in [0.1, 0.15) is 31.4 Å². The van der Waals surface area contributed by atoms with Gasteiger partial charge in [-0.2, -0.15) is 0 Å². The second-order valence-electron chi connectivity index (χ2n) is 4.50. The smallest absolute Gasteiger partial charge is 0.293 e. The van der Waals surface area contributed by atoms with Gasteiger partial charge in [0.15, 0.2) is 5.58 Å². The van der Waals surface area contributed by atoms with E-state index in [1.54, 1.807) is 0 Å². The largest absolute Gasteiger partial charge is 0.468 e. The van der Waals surface area contributed by atoms with Crippen LogP contribution in [0.4, 0.5) is 0 Å². The van der Waals surface area contributed by atoms with Crippen LogP contribution < -0.4 is 0 Å². The van der Waals surface area contributed by atoms with Crippen LogP contribution in [0.5, 0.6) is 0 Å². The summed E-state index contributed by atoms with van der Waals surface area (Å²) in [6.07, 6.45) is 5.07. The highest BCUT2D eigenvalue weighted by Gasteiger charge is 2.06. The Labute approximate surface area is 117 Å². The number of halogens is 1. The first-order valence-electron chi connectivity index (χ1n) is 6.53. The molecule has 0 fully saturated rings. The second-order valence-corrected chi connectivity index (χ2v) is 4.91. The fraction of sp³-hybridized carbons (Fsp3) is 0.400. The molecule has 1 aromatic heterocycles. The number of rotatable bonds is 8. The van der Waals surface area contributed by atoms with Crippen LogP contribution in [-0.4, -0.2) is 13.1 Å². The maximum absolute atomic E-state index is 9.95. The Hall–Kier alpha value is -1.48. The Kier molecular flexibility index (Phi) is 5.28. The number of hydrogen-bond donors (Lipinski definition) is 0. The van der Waals surface area contributed by atoms with Crippen molar-refractivity contribution in [1.82, 2.24) is 0 Å². The third-order valence-corrected chi connectivity index (χ3v) is 3.35. The average Bonchev–Trinajstić information content (AvgIpc) is 2.82. The summed E-state index contributed by atoms with van der Waals surface area (Å²) in [6, 6.07) is 7.82. The minimum absolute atomic E-state index is 0.498. The number of para-hydroxylation sites is 1. The van der Waals surface area contributed by atoms with Crippen molar-refractivity contribution < 1.29 is 13.9 Å². The summed E-state index contributed by atoms with van der Waals surface area (Å²) >= 11 is 6.07. The van der Waals surface area contributed by atoms with E-state index < -0.39 is 0 Å². The molecule has 0 aliphatic carbocycles. The van der Waals surface area contributed by atoms with Crippen molar-refractivity contribution in [2.75, 3.05) is 6.61 Å². The Morgan fingerprint density at radius 2 is 2.05 bits per heavy atom. The zero-order valence-corrected chi connectivity index (χ0v) is 11.5. The molecule has 3 nitrogen and oxygen atoms in total. The highest BCUT2D eigenvalue weighted by Crippen LogP contribution is 2.27. The molecule has 1 aromatic carbocycles. The topological polar surface area (TPSA) is 39.4 Å². The first-order chi connectivity index (χ1) is 9.31. The van der Waals surface area contributed by atoms with Gasteiger partial charge in [-0.1, -0.05) is 36.6 Å². The molecule has 0 saturated heterocycles. The molecule has 0 unspecified atom stereocenters. The van der Waals surface area contributed by atoms with Crippen molar-refractivity contribution >= 4 is 29.0 Å². The maximum atomic E-state index is 9.95. The lowest BCUT2D eigenvalue weighted by molar-refractivity contribution is -0.128. The summed E-state index contributed by atoms with van der Waals surface area (Å²) in [5.41, 5.74) is 0.776. The normalized spacial score (nSPS) is 10.8. The van der Waals surface area contributed by atoms with Gasteiger partial charge in [-0.15, -0.1) is 0 Å². The summed E-state index contributed by atoms with van der Waals surface area (Å²) in [5, 5.41) is 1.72. The van der Waals surface area contributed by atoms with E-state index in [0.29, 0.717) is 18.1 Å². The lowest BCUT2D eigenvalue weighted by Gasteiger charge is -1.99. The number of carbonyl (C=O) groups is 1. The van der Waals surface area contributed by atoms with E-state index in [4.69, 9.17) is 16.0 Å². The minimum atomic E-state index is 0.498. The molecule has 0 aliphatic heterocycles.